The normalized spacial score (nSPS) is 11.2. The number of nitrogens with zero attached hydrogens (tertiary/aromatic N) is 2. The Labute approximate surface area is 184 Å². The van der Waals surface area contributed by atoms with Gasteiger partial charge in [0.25, 0.3) is 0 Å². The van der Waals surface area contributed by atoms with E-state index in [2.05, 4.69) is 65.9 Å². The summed E-state index contributed by atoms with van der Waals surface area (Å²) in [6.07, 6.45) is 12.1. The van der Waals surface area contributed by atoms with Crippen molar-refractivity contribution in [1.82, 2.24) is 9.78 Å². The van der Waals surface area contributed by atoms with Crippen molar-refractivity contribution in [2.45, 2.75) is 6.42 Å². The predicted molar refractivity (Wildman–Crippen MR) is 95.7 cm³/mol. The summed E-state index contributed by atoms with van der Waals surface area (Å²) in [4.78, 5) is 0. The topological polar surface area (TPSA) is 17.8 Å². The second-order valence-electron chi connectivity index (χ2n) is 5.48. The molecule has 1 aliphatic rings. The van der Waals surface area contributed by atoms with Crippen molar-refractivity contribution in [2.75, 3.05) is 0 Å². The van der Waals surface area contributed by atoms with Crippen molar-refractivity contribution in [3.63, 3.8) is 0 Å². The molecule has 0 spiro atoms. The molecule has 1 heterocycles. The number of allylic oxidation sites excluding steroid dienone is 4. The zero-order valence-electron chi connectivity index (χ0n) is 13.9. The first-order valence-electron chi connectivity index (χ1n) is 7.72. The monoisotopic (exact) mass is 456 g/mol. The molecule has 0 fully saturated rings. The van der Waals surface area contributed by atoms with Gasteiger partial charge in [0.1, 0.15) is 0 Å². The Hall–Kier alpha value is -1.54. The molecule has 0 amide bonds. The van der Waals surface area contributed by atoms with Crippen molar-refractivity contribution in [3.05, 3.63) is 91.2 Å². The van der Waals surface area contributed by atoms with Crippen LogP contribution in [0.4, 0.5) is 0 Å². The van der Waals surface area contributed by atoms with E-state index in [1.807, 2.05) is 35.0 Å². The summed E-state index contributed by atoms with van der Waals surface area (Å²) in [5.74, 6) is 0. The van der Waals surface area contributed by atoms with Gasteiger partial charge in [0.15, 0.2) is 0 Å². The van der Waals surface area contributed by atoms with Crippen LogP contribution in [-0.4, -0.2) is 9.78 Å². The van der Waals surface area contributed by atoms with Gasteiger partial charge < -0.3 is 24.8 Å². The number of aromatic nitrogens is 2. The summed E-state index contributed by atoms with van der Waals surface area (Å²) in [6.45, 7) is 0. The maximum atomic E-state index is 4.59. The number of hydrogen-bond acceptors (Lipinski definition) is 1. The zero-order valence-corrected chi connectivity index (χ0v) is 17.9. The molecule has 0 saturated carbocycles. The van der Waals surface area contributed by atoms with Gasteiger partial charge in [0.2, 0.25) is 0 Å². The molecule has 1 aromatic heterocycles. The van der Waals surface area contributed by atoms with E-state index in [0.29, 0.717) is 0 Å². The number of benzene rings is 2. The molecule has 128 valence electrons. The maximum absolute atomic E-state index is 4.59. The molecule has 2 nitrogen and oxygen atoms in total. The van der Waals surface area contributed by atoms with E-state index in [4.69, 9.17) is 0 Å². The fraction of sp³-hybridized carbons (Fsp3) is 0.0476. The van der Waals surface area contributed by atoms with E-state index in [1.54, 1.807) is 0 Å². The molecular formula is C21H16Cl2N2Zr. The van der Waals surface area contributed by atoms with Crippen LogP contribution >= 0.6 is 0 Å². The Kier molecular flexibility index (Phi) is 9.15. The quantitative estimate of drug-likeness (QED) is 0.342. The SMILES string of the molecule is [C-]1=CC=CC1.[Cl-].[Cl-].[Zr+4].c1ccc2[cH-]c(-n3cc4ccccc4n3)cc2c1. The van der Waals surface area contributed by atoms with Gasteiger partial charge in [0, 0.05) is 11.6 Å². The Morgan fingerprint density at radius 1 is 0.962 bits per heavy atom. The maximum Gasteiger partial charge on any atom is 4.00 e. The molecule has 0 bridgehead atoms. The van der Waals surface area contributed by atoms with E-state index >= 15 is 0 Å². The minimum absolute atomic E-state index is 0. The van der Waals surface area contributed by atoms with Gasteiger partial charge in [-0.15, -0.1) is 47.5 Å². The van der Waals surface area contributed by atoms with Crippen LogP contribution in [-0.2, 0) is 26.2 Å². The molecule has 0 unspecified atom stereocenters. The molecule has 1 aliphatic carbocycles. The molecule has 4 aromatic rings. The third-order valence-electron chi connectivity index (χ3n) is 3.87. The van der Waals surface area contributed by atoms with Crippen molar-refractivity contribution in [1.29, 1.82) is 0 Å². The first kappa shape index (κ1) is 22.5. The van der Waals surface area contributed by atoms with E-state index in [0.717, 1.165) is 17.6 Å². The van der Waals surface area contributed by atoms with Crippen molar-refractivity contribution >= 4 is 21.7 Å². The molecule has 0 radical (unpaired) electrons. The third kappa shape index (κ3) is 5.01. The molecule has 5 rings (SSSR count). The van der Waals surface area contributed by atoms with Gasteiger partial charge in [-0.05, 0) is 11.8 Å². The van der Waals surface area contributed by atoms with E-state index in [-0.39, 0.29) is 51.0 Å². The van der Waals surface area contributed by atoms with Gasteiger partial charge >= 0.3 is 26.2 Å². The Balaban J connectivity index is 0.000000372. The molecule has 0 atom stereocenters. The van der Waals surface area contributed by atoms with Crippen molar-refractivity contribution < 1.29 is 51.0 Å². The van der Waals surface area contributed by atoms with Crippen LogP contribution in [0.3, 0.4) is 0 Å². The first-order valence-corrected chi connectivity index (χ1v) is 7.72. The fourth-order valence-electron chi connectivity index (χ4n) is 2.70. The molecular weight excluding hydrogens is 442 g/mol. The average Bonchev–Trinajstić information content (AvgIpc) is 3.33. The Morgan fingerprint density at radius 3 is 2.31 bits per heavy atom. The van der Waals surface area contributed by atoms with Crippen LogP contribution in [0, 0.1) is 6.08 Å². The Morgan fingerprint density at radius 2 is 1.69 bits per heavy atom. The average molecular weight is 459 g/mol. The molecule has 0 aliphatic heterocycles. The largest absolute Gasteiger partial charge is 4.00 e. The molecule has 0 saturated heterocycles. The summed E-state index contributed by atoms with van der Waals surface area (Å²) >= 11 is 0. The van der Waals surface area contributed by atoms with Crippen LogP contribution in [0.25, 0.3) is 27.4 Å². The van der Waals surface area contributed by atoms with Gasteiger partial charge in [-0.2, -0.15) is 11.2 Å². The van der Waals surface area contributed by atoms with E-state index in [9.17, 15) is 0 Å². The smallest absolute Gasteiger partial charge is 1.00 e. The molecule has 3 aromatic carbocycles. The molecule has 5 heteroatoms. The fourth-order valence-corrected chi connectivity index (χ4v) is 2.70. The number of hydrogen-bond donors (Lipinski definition) is 0. The van der Waals surface area contributed by atoms with Gasteiger partial charge in [-0.3, -0.25) is 10.8 Å². The van der Waals surface area contributed by atoms with Crippen LogP contribution in [0.2, 0.25) is 0 Å². The minimum Gasteiger partial charge on any atom is -1.00 e. The Bertz CT molecular complexity index is 867. The van der Waals surface area contributed by atoms with Crippen LogP contribution < -0.4 is 24.8 Å². The first-order chi connectivity index (χ1) is 11.4. The number of fused-ring (bicyclic) bond motifs is 2. The summed E-state index contributed by atoms with van der Waals surface area (Å²) < 4.78 is 1.95. The molecule has 0 N–H and O–H groups in total. The minimum atomic E-state index is 0. The number of halogens is 2. The van der Waals surface area contributed by atoms with Crippen LogP contribution in [0.5, 0.6) is 0 Å². The summed E-state index contributed by atoms with van der Waals surface area (Å²) in [5, 5.41) is 8.28. The summed E-state index contributed by atoms with van der Waals surface area (Å²) in [7, 11) is 0. The summed E-state index contributed by atoms with van der Waals surface area (Å²) in [6, 6.07) is 20.9. The van der Waals surface area contributed by atoms with Crippen molar-refractivity contribution in [2.24, 2.45) is 0 Å². The van der Waals surface area contributed by atoms with Gasteiger partial charge in [-0.25, -0.2) is 12.2 Å². The van der Waals surface area contributed by atoms with E-state index in [1.165, 1.54) is 16.2 Å². The van der Waals surface area contributed by atoms with Crippen molar-refractivity contribution in [3.8, 4) is 5.69 Å². The number of rotatable bonds is 1. The molecule has 26 heavy (non-hydrogen) atoms. The third-order valence-corrected chi connectivity index (χ3v) is 3.87. The second kappa shape index (κ2) is 10.6. The van der Waals surface area contributed by atoms with E-state index < -0.39 is 0 Å². The second-order valence-corrected chi connectivity index (χ2v) is 5.48. The van der Waals surface area contributed by atoms with Gasteiger partial charge in [-0.1, -0.05) is 24.3 Å². The van der Waals surface area contributed by atoms with Crippen LogP contribution in [0.1, 0.15) is 6.42 Å². The summed E-state index contributed by atoms with van der Waals surface area (Å²) in [5.41, 5.74) is 2.15. The van der Waals surface area contributed by atoms with Crippen LogP contribution in [0.15, 0.2) is 85.1 Å². The zero-order chi connectivity index (χ0) is 15.5. The standard InChI is InChI=1S/C16H11N2.C5H5.2ClH.Zr/c1-2-6-13-10-15(9-12(13)5-1)18-11-14-7-3-4-8-16(14)17-18;1-2-4-5-3-1;;;/h1-11H;1-3H,4H2;2*1H;/q2*-1;;;+4/p-2. The predicted octanol–water partition coefficient (Wildman–Crippen LogP) is -0.791. The van der Waals surface area contributed by atoms with Gasteiger partial charge in [0.05, 0.1) is 5.52 Å².